The van der Waals surface area contributed by atoms with Crippen molar-refractivity contribution in [2.75, 3.05) is 12.1 Å². The third-order valence-electron chi connectivity index (χ3n) is 2.57. The minimum Gasteiger partial charge on any atom is -0.454 e. The minimum atomic E-state index is -0.0312. The van der Waals surface area contributed by atoms with E-state index < -0.39 is 0 Å². The number of fused-ring (bicyclic) bond motifs is 1. The quantitative estimate of drug-likeness (QED) is 0.924. The third kappa shape index (κ3) is 2.31. The highest BCUT2D eigenvalue weighted by Crippen LogP contribution is 2.34. The number of nitrogens with one attached hydrogen (secondary N) is 1. The molecule has 0 radical (unpaired) electrons. The van der Waals surface area contributed by atoms with Crippen LogP contribution in [0, 0.1) is 0 Å². The number of amides is 1. The summed E-state index contributed by atoms with van der Waals surface area (Å²) < 4.78 is 10.5. The number of anilines is 1. The molecule has 0 saturated heterocycles. The maximum absolute atomic E-state index is 11.8. The van der Waals surface area contributed by atoms with E-state index >= 15 is 0 Å². The predicted octanol–water partition coefficient (Wildman–Crippen LogP) is 2.66. The van der Waals surface area contributed by atoms with Crippen molar-refractivity contribution in [3.05, 3.63) is 40.6 Å². The molecule has 1 aliphatic rings. The Bertz CT molecular complexity index is 566. The zero-order valence-electron chi connectivity index (χ0n) is 9.51. The standard InChI is InChI=1S/C13H11NO3S/c15-13(7-10-2-1-5-18-10)14-9-3-4-11-12(6-9)17-8-16-11/h1-6H,7-8H2,(H,14,15). The molecule has 1 aromatic heterocycles. The van der Waals surface area contributed by atoms with Crippen LogP contribution in [-0.4, -0.2) is 12.7 Å². The van der Waals surface area contributed by atoms with Gasteiger partial charge in [-0.1, -0.05) is 6.07 Å². The predicted molar refractivity (Wildman–Crippen MR) is 69.2 cm³/mol. The molecule has 0 bridgehead atoms. The largest absolute Gasteiger partial charge is 0.454 e. The Morgan fingerprint density at radius 1 is 1.28 bits per heavy atom. The maximum atomic E-state index is 11.8. The fourth-order valence-corrected chi connectivity index (χ4v) is 2.45. The number of hydrogen-bond donors (Lipinski definition) is 1. The molecule has 1 aliphatic heterocycles. The lowest BCUT2D eigenvalue weighted by Gasteiger charge is -2.05. The highest BCUT2D eigenvalue weighted by Gasteiger charge is 2.14. The molecular weight excluding hydrogens is 250 g/mol. The van der Waals surface area contributed by atoms with Crippen LogP contribution in [0.25, 0.3) is 0 Å². The van der Waals surface area contributed by atoms with Gasteiger partial charge in [-0.3, -0.25) is 4.79 Å². The van der Waals surface area contributed by atoms with Gasteiger partial charge in [0.15, 0.2) is 11.5 Å². The van der Waals surface area contributed by atoms with E-state index in [1.54, 1.807) is 29.5 Å². The molecule has 5 heteroatoms. The summed E-state index contributed by atoms with van der Waals surface area (Å²) >= 11 is 1.58. The molecule has 0 aliphatic carbocycles. The monoisotopic (exact) mass is 261 g/mol. The van der Waals surface area contributed by atoms with Crippen LogP contribution >= 0.6 is 11.3 Å². The average Bonchev–Trinajstić information content (AvgIpc) is 2.98. The number of ether oxygens (including phenoxy) is 2. The van der Waals surface area contributed by atoms with E-state index in [9.17, 15) is 4.79 Å². The second-order valence-corrected chi connectivity index (χ2v) is 4.90. The molecule has 0 unspecified atom stereocenters. The summed E-state index contributed by atoms with van der Waals surface area (Å²) in [6, 6.07) is 9.26. The number of rotatable bonds is 3. The Morgan fingerprint density at radius 3 is 3.00 bits per heavy atom. The first-order valence-corrected chi connectivity index (χ1v) is 6.41. The SMILES string of the molecule is O=C(Cc1cccs1)Nc1ccc2c(c1)OCO2. The van der Waals surface area contributed by atoms with Crippen molar-refractivity contribution >= 4 is 22.9 Å². The van der Waals surface area contributed by atoms with Crippen molar-refractivity contribution in [1.29, 1.82) is 0 Å². The Kier molecular flexibility index (Phi) is 2.90. The van der Waals surface area contributed by atoms with Crippen LogP contribution in [0.5, 0.6) is 11.5 Å². The number of benzene rings is 1. The number of hydrogen-bond acceptors (Lipinski definition) is 4. The lowest BCUT2D eigenvalue weighted by Crippen LogP contribution is -2.13. The van der Waals surface area contributed by atoms with Crippen molar-refractivity contribution < 1.29 is 14.3 Å². The molecule has 4 nitrogen and oxygen atoms in total. The van der Waals surface area contributed by atoms with Crippen molar-refractivity contribution in [2.45, 2.75) is 6.42 Å². The van der Waals surface area contributed by atoms with Crippen LogP contribution in [0.1, 0.15) is 4.88 Å². The molecular formula is C13H11NO3S. The summed E-state index contributed by atoms with van der Waals surface area (Å²) in [6.07, 6.45) is 0.395. The second kappa shape index (κ2) is 4.70. The van der Waals surface area contributed by atoms with Gasteiger partial charge in [0.05, 0.1) is 6.42 Å². The fraction of sp³-hybridized carbons (Fsp3) is 0.154. The van der Waals surface area contributed by atoms with Crippen molar-refractivity contribution in [3.63, 3.8) is 0 Å². The lowest BCUT2D eigenvalue weighted by atomic mass is 10.2. The summed E-state index contributed by atoms with van der Waals surface area (Å²) in [7, 11) is 0. The molecule has 1 N–H and O–H groups in total. The molecule has 0 saturated carbocycles. The van der Waals surface area contributed by atoms with Gasteiger partial charge >= 0.3 is 0 Å². The second-order valence-electron chi connectivity index (χ2n) is 3.87. The van der Waals surface area contributed by atoms with Gasteiger partial charge in [0.1, 0.15) is 0 Å². The highest BCUT2D eigenvalue weighted by molar-refractivity contribution is 7.10. The molecule has 92 valence electrons. The molecule has 1 aromatic carbocycles. The zero-order valence-corrected chi connectivity index (χ0v) is 10.3. The lowest BCUT2D eigenvalue weighted by molar-refractivity contribution is -0.115. The van der Waals surface area contributed by atoms with Gasteiger partial charge in [0.25, 0.3) is 0 Å². The molecule has 3 rings (SSSR count). The van der Waals surface area contributed by atoms with Gasteiger partial charge in [-0.25, -0.2) is 0 Å². The molecule has 0 fully saturated rings. The zero-order chi connectivity index (χ0) is 12.4. The summed E-state index contributed by atoms with van der Waals surface area (Å²) in [5.41, 5.74) is 0.723. The molecule has 0 atom stereocenters. The molecule has 2 aromatic rings. The first-order chi connectivity index (χ1) is 8.81. The van der Waals surface area contributed by atoms with Gasteiger partial charge in [0, 0.05) is 16.6 Å². The van der Waals surface area contributed by atoms with Gasteiger partial charge < -0.3 is 14.8 Å². The van der Waals surface area contributed by atoms with Gasteiger partial charge in [0.2, 0.25) is 12.7 Å². The van der Waals surface area contributed by atoms with E-state index in [1.807, 2.05) is 17.5 Å². The van der Waals surface area contributed by atoms with Gasteiger partial charge in [-0.15, -0.1) is 11.3 Å². The molecule has 2 heterocycles. The first-order valence-electron chi connectivity index (χ1n) is 5.53. The highest BCUT2D eigenvalue weighted by atomic mass is 32.1. The van der Waals surface area contributed by atoms with E-state index in [-0.39, 0.29) is 12.7 Å². The molecule has 1 amide bonds. The Balaban J connectivity index is 1.67. The number of carbonyl (C=O) groups excluding carboxylic acids is 1. The van der Waals surface area contributed by atoms with Crippen LogP contribution in [0.4, 0.5) is 5.69 Å². The smallest absolute Gasteiger partial charge is 0.231 e. The average molecular weight is 261 g/mol. The van der Waals surface area contributed by atoms with Crippen LogP contribution in [-0.2, 0) is 11.2 Å². The third-order valence-corrected chi connectivity index (χ3v) is 3.45. The van der Waals surface area contributed by atoms with Crippen molar-refractivity contribution in [3.8, 4) is 11.5 Å². The Labute approximate surface area is 108 Å². The van der Waals surface area contributed by atoms with E-state index in [0.717, 1.165) is 10.6 Å². The fourth-order valence-electron chi connectivity index (χ4n) is 1.75. The minimum absolute atomic E-state index is 0.0312. The summed E-state index contributed by atoms with van der Waals surface area (Å²) in [6.45, 7) is 0.238. The topological polar surface area (TPSA) is 47.6 Å². The van der Waals surface area contributed by atoms with Gasteiger partial charge in [-0.2, -0.15) is 0 Å². The van der Waals surface area contributed by atoms with E-state index in [4.69, 9.17) is 9.47 Å². The maximum Gasteiger partial charge on any atom is 0.231 e. The van der Waals surface area contributed by atoms with Crippen molar-refractivity contribution in [2.24, 2.45) is 0 Å². The van der Waals surface area contributed by atoms with Crippen LogP contribution < -0.4 is 14.8 Å². The molecule has 18 heavy (non-hydrogen) atoms. The van der Waals surface area contributed by atoms with E-state index in [1.165, 1.54) is 0 Å². The Hall–Kier alpha value is -2.01. The van der Waals surface area contributed by atoms with Gasteiger partial charge in [-0.05, 0) is 23.6 Å². The number of carbonyl (C=O) groups is 1. The summed E-state index contributed by atoms with van der Waals surface area (Å²) in [5.74, 6) is 1.35. The summed E-state index contributed by atoms with van der Waals surface area (Å²) in [4.78, 5) is 12.9. The van der Waals surface area contributed by atoms with E-state index in [2.05, 4.69) is 5.32 Å². The summed E-state index contributed by atoms with van der Waals surface area (Å²) in [5, 5.41) is 4.80. The van der Waals surface area contributed by atoms with Crippen LogP contribution in [0.15, 0.2) is 35.7 Å². The normalized spacial score (nSPS) is 12.4. The Morgan fingerprint density at radius 2 is 2.17 bits per heavy atom. The van der Waals surface area contributed by atoms with Crippen LogP contribution in [0.3, 0.4) is 0 Å². The molecule has 0 spiro atoms. The van der Waals surface area contributed by atoms with E-state index in [0.29, 0.717) is 17.9 Å². The number of thiophene rings is 1. The first kappa shape index (κ1) is 11.1. The van der Waals surface area contributed by atoms with Crippen molar-refractivity contribution in [1.82, 2.24) is 0 Å². The van der Waals surface area contributed by atoms with Crippen LogP contribution in [0.2, 0.25) is 0 Å².